The number of amides is 1. The van der Waals surface area contributed by atoms with Crippen molar-refractivity contribution in [3.63, 3.8) is 0 Å². The van der Waals surface area contributed by atoms with E-state index in [9.17, 15) is 9.90 Å². The lowest BCUT2D eigenvalue weighted by atomic mass is 10.0. The van der Waals surface area contributed by atoms with Gasteiger partial charge in [0.2, 0.25) is 0 Å². The number of aryl methyl sites for hydroxylation is 1. The van der Waals surface area contributed by atoms with Crippen molar-refractivity contribution < 1.29 is 9.90 Å². The summed E-state index contributed by atoms with van der Waals surface area (Å²) in [6.07, 6.45) is 4.18. The van der Waals surface area contributed by atoms with E-state index < -0.39 is 0 Å². The Balaban J connectivity index is 1.72. The first-order valence-electron chi connectivity index (χ1n) is 9.33. The fourth-order valence-electron chi connectivity index (χ4n) is 3.07. The number of rotatable bonds is 6. The summed E-state index contributed by atoms with van der Waals surface area (Å²) < 4.78 is 0. The normalized spacial score (nSPS) is 11.9. The highest BCUT2D eigenvalue weighted by atomic mass is 16.3. The average Bonchev–Trinajstić information content (AvgIpc) is 2.74. The molecule has 1 atom stereocenters. The van der Waals surface area contributed by atoms with Gasteiger partial charge in [-0.3, -0.25) is 14.8 Å². The van der Waals surface area contributed by atoms with Crippen LogP contribution < -0.4 is 0 Å². The summed E-state index contributed by atoms with van der Waals surface area (Å²) in [7, 11) is 1.82. The van der Waals surface area contributed by atoms with Crippen LogP contribution >= 0.6 is 0 Å². The Hall–Kier alpha value is -3.05. The summed E-state index contributed by atoms with van der Waals surface area (Å²) in [6, 6.07) is 15.0. The van der Waals surface area contributed by atoms with Crippen LogP contribution in [0, 0.1) is 6.92 Å². The van der Waals surface area contributed by atoms with Gasteiger partial charge in [-0.15, -0.1) is 0 Å². The van der Waals surface area contributed by atoms with Crippen LogP contribution in [-0.2, 0) is 13.0 Å². The number of hydrogen-bond donors (Lipinski definition) is 1. The van der Waals surface area contributed by atoms with E-state index in [4.69, 9.17) is 0 Å². The van der Waals surface area contributed by atoms with Gasteiger partial charge < -0.3 is 10.0 Å². The van der Waals surface area contributed by atoms with Crippen molar-refractivity contribution in [3.8, 4) is 11.3 Å². The van der Waals surface area contributed by atoms with Crippen LogP contribution in [0.25, 0.3) is 11.3 Å². The molecule has 5 heteroatoms. The Bertz CT molecular complexity index is 954. The van der Waals surface area contributed by atoms with E-state index in [2.05, 4.69) is 9.97 Å². The predicted octanol–water partition coefficient (Wildman–Crippen LogP) is 3.65. The predicted molar refractivity (Wildman–Crippen MR) is 110 cm³/mol. The third-order valence-corrected chi connectivity index (χ3v) is 5.02. The number of aromatic nitrogens is 2. The number of aliphatic hydroxyl groups excluding tert-OH is 1. The number of nitrogens with zero attached hydrogens (tertiary/aromatic N) is 3. The van der Waals surface area contributed by atoms with E-state index in [1.165, 1.54) is 0 Å². The molecule has 0 aliphatic carbocycles. The van der Waals surface area contributed by atoms with Gasteiger partial charge in [0.25, 0.3) is 5.91 Å². The monoisotopic (exact) mass is 375 g/mol. The van der Waals surface area contributed by atoms with Gasteiger partial charge in [0.1, 0.15) is 0 Å². The van der Waals surface area contributed by atoms with Crippen molar-refractivity contribution in [2.24, 2.45) is 0 Å². The molecule has 144 valence electrons. The van der Waals surface area contributed by atoms with Gasteiger partial charge >= 0.3 is 0 Å². The van der Waals surface area contributed by atoms with E-state index in [-0.39, 0.29) is 18.6 Å². The van der Waals surface area contributed by atoms with E-state index >= 15 is 0 Å². The topological polar surface area (TPSA) is 66.3 Å². The molecular formula is C23H25N3O2. The Kier molecular flexibility index (Phi) is 6.16. The number of likely N-dealkylation sites (N-methyl/N-ethyl adjacent to an activating group) is 1. The molecule has 28 heavy (non-hydrogen) atoms. The van der Waals surface area contributed by atoms with Crippen molar-refractivity contribution in [2.45, 2.75) is 32.9 Å². The van der Waals surface area contributed by atoms with Crippen LogP contribution in [0.1, 0.15) is 34.1 Å². The van der Waals surface area contributed by atoms with Crippen LogP contribution in [0.3, 0.4) is 0 Å². The van der Waals surface area contributed by atoms with Crippen LogP contribution in [0.5, 0.6) is 0 Å². The zero-order chi connectivity index (χ0) is 20.1. The highest BCUT2D eigenvalue weighted by Gasteiger charge is 2.19. The minimum absolute atomic E-state index is 0.0233. The number of benzene rings is 1. The molecule has 5 nitrogen and oxygen atoms in total. The van der Waals surface area contributed by atoms with E-state index in [1.54, 1.807) is 23.4 Å². The van der Waals surface area contributed by atoms with Crippen LogP contribution in [0.4, 0.5) is 0 Å². The summed E-state index contributed by atoms with van der Waals surface area (Å²) in [6.45, 7) is 4.05. The third kappa shape index (κ3) is 4.43. The van der Waals surface area contributed by atoms with Gasteiger partial charge in [0.15, 0.2) is 0 Å². The second kappa shape index (κ2) is 8.76. The van der Waals surface area contributed by atoms with Crippen molar-refractivity contribution >= 4 is 5.91 Å². The molecule has 0 unspecified atom stereocenters. The lowest BCUT2D eigenvalue weighted by Gasteiger charge is -2.25. The molecule has 0 fully saturated rings. The molecule has 2 aromatic heterocycles. The first kappa shape index (κ1) is 19.7. The van der Waals surface area contributed by atoms with Crippen molar-refractivity contribution in [1.29, 1.82) is 0 Å². The number of carbonyl (C=O) groups excluding carboxylic acids is 1. The number of hydrogen-bond acceptors (Lipinski definition) is 4. The minimum atomic E-state index is -0.0234. The molecular weight excluding hydrogens is 350 g/mol. The molecule has 2 heterocycles. The molecule has 3 rings (SSSR count). The highest BCUT2D eigenvalue weighted by Crippen LogP contribution is 2.20. The summed E-state index contributed by atoms with van der Waals surface area (Å²) in [5.41, 5.74) is 5.28. The van der Waals surface area contributed by atoms with Crippen molar-refractivity contribution in [2.75, 3.05) is 7.05 Å². The van der Waals surface area contributed by atoms with Gasteiger partial charge in [-0.1, -0.05) is 18.2 Å². The molecule has 1 amide bonds. The summed E-state index contributed by atoms with van der Waals surface area (Å²) >= 11 is 0. The average molecular weight is 375 g/mol. The Morgan fingerprint density at radius 1 is 1.11 bits per heavy atom. The van der Waals surface area contributed by atoms with Crippen LogP contribution in [0.15, 0.2) is 60.9 Å². The molecule has 0 saturated heterocycles. The maximum absolute atomic E-state index is 12.9. The first-order valence-corrected chi connectivity index (χ1v) is 9.33. The fourth-order valence-corrected chi connectivity index (χ4v) is 3.07. The van der Waals surface area contributed by atoms with Gasteiger partial charge in [-0.2, -0.15) is 0 Å². The molecule has 0 radical (unpaired) electrons. The summed E-state index contributed by atoms with van der Waals surface area (Å²) in [5.74, 6) is -0.0234. The van der Waals surface area contributed by atoms with Gasteiger partial charge in [-0.25, -0.2) is 0 Å². The van der Waals surface area contributed by atoms with Gasteiger partial charge in [-0.05, 0) is 55.3 Å². The Morgan fingerprint density at radius 3 is 2.54 bits per heavy atom. The Morgan fingerprint density at radius 2 is 1.86 bits per heavy atom. The standard InChI is InChI=1S/C23H25N3O2/c1-16-5-4-11-24-21(16)13-17(2)26(3)23(28)20-8-6-19(7-9-20)22-14-18(15-27)10-12-25-22/h4-12,14,17,27H,13,15H2,1-3H3/t17-/m0/s1. The smallest absolute Gasteiger partial charge is 0.253 e. The first-order chi connectivity index (χ1) is 13.5. The third-order valence-electron chi connectivity index (χ3n) is 5.02. The lowest BCUT2D eigenvalue weighted by molar-refractivity contribution is 0.0743. The van der Waals surface area contributed by atoms with Crippen molar-refractivity contribution in [1.82, 2.24) is 14.9 Å². The van der Waals surface area contributed by atoms with Crippen molar-refractivity contribution in [3.05, 3.63) is 83.3 Å². The zero-order valence-corrected chi connectivity index (χ0v) is 16.5. The highest BCUT2D eigenvalue weighted by molar-refractivity contribution is 5.94. The Labute approximate surface area is 165 Å². The molecule has 0 spiro atoms. The van der Waals surface area contributed by atoms with E-state index in [0.29, 0.717) is 12.0 Å². The van der Waals surface area contributed by atoms with Gasteiger partial charge in [0.05, 0.1) is 12.3 Å². The quantitative estimate of drug-likeness (QED) is 0.714. The van der Waals surface area contributed by atoms with Crippen LogP contribution in [0.2, 0.25) is 0 Å². The number of pyridine rings is 2. The summed E-state index contributed by atoms with van der Waals surface area (Å²) in [5, 5.41) is 9.28. The largest absolute Gasteiger partial charge is 0.392 e. The molecule has 0 aliphatic heterocycles. The zero-order valence-electron chi connectivity index (χ0n) is 16.5. The second-order valence-electron chi connectivity index (χ2n) is 7.02. The summed E-state index contributed by atoms with van der Waals surface area (Å²) in [4.78, 5) is 23.4. The minimum Gasteiger partial charge on any atom is -0.392 e. The molecule has 1 N–H and O–H groups in total. The maximum Gasteiger partial charge on any atom is 0.253 e. The SMILES string of the molecule is Cc1cccnc1C[C@H](C)N(C)C(=O)c1ccc(-c2cc(CO)ccn2)cc1. The fraction of sp³-hybridized carbons (Fsp3) is 0.261. The molecule has 1 aromatic carbocycles. The molecule has 0 bridgehead atoms. The second-order valence-corrected chi connectivity index (χ2v) is 7.02. The van der Waals surface area contributed by atoms with E-state index in [0.717, 1.165) is 28.1 Å². The number of aliphatic hydroxyl groups is 1. The maximum atomic E-state index is 12.9. The lowest BCUT2D eigenvalue weighted by Crippen LogP contribution is -2.36. The molecule has 0 aliphatic rings. The molecule has 0 saturated carbocycles. The van der Waals surface area contributed by atoms with Gasteiger partial charge in [0, 0.05) is 48.7 Å². The van der Waals surface area contributed by atoms with Crippen LogP contribution in [-0.4, -0.2) is 39.0 Å². The number of carbonyl (C=O) groups is 1. The van der Waals surface area contributed by atoms with E-state index in [1.807, 2.05) is 63.4 Å². The molecule has 3 aromatic rings.